The van der Waals surface area contributed by atoms with E-state index in [4.69, 9.17) is 41.9 Å². The fourth-order valence-electron chi connectivity index (χ4n) is 5.08. The summed E-state index contributed by atoms with van der Waals surface area (Å²) in [5.41, 5.74) is 19.4. The van der Waals surface area contributed by atoms with Crippen molar-refractivity contribution >= 4 is 18.2 Å². The minimum absolute atomic E-state index is 0.140. The molecule has 230 valence electrons. The second-order valence-electron chi connectivity index (χ2n) is 9.89. The summed E-state index contributed by atoms with van der Waals surface area (Å²) in [6.45, 7) is 0.620. The van der Waals surface area contributed by atoms with Crippen molar-refractivity contribution in [1.29, 1.82) is 0 Å². The van der Waals surface area contributed by atoms with Gasteiger partial charge in [0.05, 0.1) is 18.8 Å². The lowest BCUT2D eigenvalue weighted by Gasteiger charge is -2.45. The van der Waals surface area contributed by atoms with Crippen molar-refractivity contribution in [2.75, 3.05) is 13.7 Å². The van der Waals surface area contributed by atoms with Crippen LogP contribution in [0.25, 0.3) is 0 Å². The monoisotopic (exact) mass is 581 g/mol. The van der Waals surface area contributed by atoms with Gasteiger partial charge in [0.2, 0.25) is 0 Å². The van der Waals surface area contributed by atoms with E-state index < -0.39 is 110 Å². The average molecular weight is 582 g/mol. The third-order valence-corrected chi connectivity index (χ3v) is 7.34. The average Bonchev–Trinajstić information content (AvgIpc) is 3.13. The van der Waals surface area contributed by atoms with Crippen molar-refractivity contribution in [3.05, 3.63) is 0 Å². The summed E-state index contributed by atoms with van der Waals surface area (Å²) < 4.78 is 22.9. The van der Waals surface area contributed by atoms with Crippen molar-refractivity contribution in [2.45, 2.75) is 98.2 Å². The van der Waals surface area contributed by atoms with Gasteiger partial charge in [-0.3, -0.25) is 4.79 Å². The van der Waals surface area contributed by atoms with Crippen LogP contribution in [-0.4, -0.2) is 159 Å². The number of likely N-dealkylation sites (N-methyl/N-ethyl adjacent to an activating group) is 1. The fraction of sp³-hybridized carbons (Fsp3) is 0.857. The highest BCUT2D eigenvalue weighted by atomic mass is 16.8. The molecule has 2 aliphatic heterocycles. The number of ether oxygens (including phenoxy) is 4. The van der Waals surface area contributed by atoms with E-state index in [-0.39, 0.29) is 6.29 Å². The molecule has 2 heterocycles. The van der Waals surface area contributed by atoms with E-state index in [1.54, 1.807) is 0 Å². The summed E-state index contributed by atoms with van der Waals surface area (Å²) >= 11 is 0. The Morgan fingerprint density at radius 3 is 2.02 bits per heavy atom. The Hall–Kier alpha value is -2.27. The minimum Gasteiger partial charge on any atom is -0.394 e. The molecule has 15 atom stereocenters. The molecule has 0 aromatic carbocycles. The number of nitrogens with zero attached hydrogens (tertiary/aromatic N) is 2. The van der Waals surface area contributed by atoms with Crippen LogP contribution in [0.15, 0.2) is 9.98 Å². The van der Waals surface area contributed by atoms with Gasteiger partial charge in [0.25, 0.3) is 0 Å². The van der Waals surface area contributed by atoms with Crippen LogP contribution in [0.4, 0.5) is 0 Å². The summed E-state index contributed by atoms with van der Waals surface area (Å²) in [6, 6.07) is -4.08. The maximum Gasteiger partial charge on any atom is 0.188 e. The number of nitrogens with two attached hydrogens (primary N) is 4. The quantitative estimate of drug-likeness (QED) is 0.0682. The summed E-state index contributed by atoms with van der Waals surface area (Å²) in [4.78, 5) is 19.7. The van der Waals surface area contributed by atoms with Crippen molar-refractivity contribution in [1.82, 2.24) is 5.32 Å². The molecule has 2 saturated heterocycles. The first-order valence-corrected chi connectivity index (χ1v) is 12.4. The number of guanidine groups is 2. The third-order valence-electron chi connectivity index (χ3n) is 7.34. The van der Waals surface area contributed by atoms with Crippen LogP contribution in [0.5, 0.6) is 0 Å². The van der Waals surface area contributed by atoms with Crippen molar-refractivity contribution < 1.29 is 59.5 Å². The number of carbonyl (C=O) groups is 1. The van der Waals surface area contributed by atoms with Crippen LogP contribution >= 0.6 is 0 Å². The molecule has 0 aromatic rings. The molecule has 1 aliphatic carbocycles. The van der Waals surface area contributed by atoms with E-state index in [2.05, 4.69) is 15.3 Å². The van der Waals surface area contributed by atoms with Crippen molar-refractivity contribution in [2.24, 2.45) is 32.9 Å². The van der Waals surface area contributed by atoms with Gasteiger partial charge in [0.15, 0.2) is 36.4 Å². The van der Waals surface area contributed by atoms with E-state index in [1.807, 2.05) is 0 Å². The SMILES string of the molecule is CN[C@@H]1[C@H](O[C@@H]2[C@H](O[C@H]3[C@H](O)[C@@H](O)[C@H](N=C(N)N)[C@@H](O)[C@@H]3N=C(N)N)O[C@@H](C)[C@]2(O)C=O)O[C@@H](CO)[C@H](O)[C@H]1O. The predicted molar refractivity (Wildman–Crippen MR) is 133 cm³/mol. The molecule has 0 radical (unpaired) electrons. The van der Waals surface area contributed by atoms with Gasteiger partial charge in [0, 0.05) is 0 Å². The van der Waals surface area contributed by atoms with Crippen molar-refractivity contribution in [3.63, 3.8) is 0 Å². The largest absolute Gasteiger partial charge is 0.394 e. The molecule has 40 heavy (non-hydrogen) atoms. The first-order chi connectivity index (χ1) is 18.7. The van der Waals surface area contributed by atoms with Gasteiger partial charge in [-0.15, -0.1) is 0 Å². The molecule has 1 saturated carbocycles. The zero-order valence-electron chi connectivity index (χ0n) is 21.7. The Bertz CT molecular complexity index is 940. The minimum atomic E-state index is -2.38. The fourth-order valence-corrected chi connectivity index (χ4v) is 5.08. The molecule has 3 aliphatic rings. The first kappa shape index (κ1) is 32.2. The summed E-state index contributed by atoms with van der Waals surface area (Å²) in [5.74, 6) is -1.03. The van der Waals surface area contributed by atoms with Gasteiger partial charge >= 0.3 is 0 Å². The smallest absolute Gasteiger partial charge is 0.188 e. The highest BCUT2D eigenvalue weighted by molar-refractivity contribution is 5.76. The van der Waals surface area contributed by atoms with Gasteiger partial charge < -0.3 is 82.9 Å². The zero-order valence-corrected chi connectivity index (χ0v) is 21.7. The van der Waals surface area contributed by atoms with E-state index in [9.17, 15) is 40.5 Å². The molecule has 19 heteroatoms. The summed E-state index contributed by atoms with van der Waals surface area (Å²) in [7, 11) is 1.42. The molecule has 0 bridgehead atoms. The Morgan fingerprint density at radius 1 is 0.900 bits per heavy atom. The lowest BCUT2D eigenvalue weighted by atomic mass is 9.81. The molecular formula is C21H39N7O12. The molecule has 0 amide bonds. The number of hydrogen-bond donors (Lipinski definition) is 12. The van der Waals surface area contributed by atoms with Gasteiger partial charge in [-0.2, -0.15) is 0 Å². The van der Waals surface area contributed by atoms with Crippen LogP contribution in [0.2, 0.25) is 0 Å². The van der Waals surface area contributed by atoms with E-state index in [1.165, 1.54) is 14.0 Å². The van der Waals surface area contributed by atoms with Gasteiger partial charge in [-0.25, -0.2) is 9.98 Å². The number of aliphatic hydroxyl groups is 7. The Morgan fingerprint density at radius 2 is 1.50 bits per heavy atom. The van der Waals surface area contributed by atoms with Gasteiger partial charge in [0.1, 0.15) is 60.9 Å². The molecule has 19 nitrogen and oxygen atoms in total. The molecular weight excluding hydrogens is 542 g/mol. The summed E-state index contributed by atoms with van der Waals surface area (Å²) in [5, 5.41) is 76.6. The molecule has 16 N–H and O–H groups in total. The van der Waals surface area contributed by atoms with E-state index >= 15 is 0 Å². The Labute approximate surface area is 228 Å². The maximum absolute atomic E-state index is 12.1. The zero-order chi connectivity index (χ0) is 30.1. The normalized spacial score (nSPS) is 47.4. The predicted octanol–water partition coefficient (Wildman–Crippen LogP) is -8.16. The lowest BCUT2D eigenvalue weighted by molar-refractivity contribution is -0.314. The highest BCUT2D eigenvalue weighted by Crippen LogP contribution is 2.38. The van der Waals surface area contributed by atoms with E-state index in [0.717, 1.165) is 0 Å². The first-order valence-electron chi connectivity index (χ1n) is 12.4. The van der Waals surface area contributed by atoms with Crippen LogP contribution in [0.3, 0.4) is 0 Å². The third kappa shape index (κ3) is 6.00. The van der Waals surface area contributed by atoms with Gasteiger partial charge in [-0.1, -0.05) is 0 Å². The number of aliphatic hydroxyl groups excluding tert-OH is 6. The number of nitrogens with one attached hydrogen (secondary N) is 1. The van der Waals surface area contributed by atoms with Crippen LogP contribution in [-0.2, 0) is 23.7 Å². The number of hydrogen-bond acceptors (Lipinski definition) is 15. The number of rotatable bonds is 9. The number of carbonyl (C=O) groups excluding carboxylic acids is 1. The van der Waals surface area contributed by atoms with E-state index in [0.29, 0.717) is 0 Å². The van der Waals surface area contributed by atoms with Gasteiger partial charge in [-0.05, 0) is 14.0 Å². The lowest BCUT2D eigenvalue weighted by Crippen LogP contribution is -2.66. The summed E-state index contributed by atoms with van der Waals surface area (Å²) in [6.07, 6.45) is -17.3. The molecule has 3 fully saturated rings. The Kier molecular flexibility index (Phi) is 10.2. The Balaban J connectivity index is 1.96. The second kappa shape index (κ2) is 12.7. The number of aldehydes is 1. The molecule has 0 spiro atoms. The topological polar surface area (TPSA) is 336 Å². The van der Waals surface area contributed by atoms with Crippen LogP contribution in [0, 0.1) is 0 Å². The maximum atomic E-state index is 12.1. The van der Waals surface area contributed by atoms with Crippen LogP contribution in [0.1, 0.15) is 6.92 Å². The van der Waals surface area contributed by atoms with Crippen LogP contribution < -0.4 is 28.3 Å². The molecule has 0 unspecified atom stereocenters. The number of aliphatic imine (C=N–C) groups is 2. The van der Waals surface area contributed by atoms with Crippen molar-refractivity contribution in [3.8, 4) is 0 Å². The molecule has 3 rings (SSSR count). The molecule has 0 aromatic heterocycles. The second-order valence-corrected chi connectivity index (χ2v) is 9.89. The highest BCUT2D eigenvalue weighted by Gasteiger charge is 2.60. The standard InChI is InChI=1S/C21H39N7O12/c1-5-21(36,4-30)16(40-17-9(26-2)13(34)10(31)6(3-29)38-17)18(37-5)39-15-8(28-20(24)25)11(32)7(27-19(22)23)12(33)14(15)35/h4-18,26,29,31-36H,3H2,1-2H3,(H4,22,23,27)(H4,24,25,28)/t5-,6-,7+,8-,9-,10-,11+,12-,13-,14+,15+,16+,17-,18-,21+/m0/s1.